The normalized spacial score (nSPS) is 15.3. The number of benzene rings is 1. The number of nitrogens with zero attached hydrogens (tertiary/aromatic N) is 7. The fourth-order valence-electron chi connectivity index (χ4n) is 4.75. The minimum absolute atomic E-state index is 0.0240. The Balaban J connectivity index is 1.25. The molecule has 41 heavy (non-hydrogen) atoms. The van der Waals surface area contributed by atoms with Gasteiger partial charge in [-0.2, -0.15) is 9.40 Å². The molecule has 0 radical (unpaired) electrons. The highest BCUT2D eigenvalue weighted by atomic mass is 35.5. The predicted octanol–water partition coefficient (Wildman–Crippen LogP) is -0.110. The van der Waals surface area contributed by atoms with E-state index in [-0.39, 0.29) is 16.3 Å². The van der Waals surface area contributed by atoms with Crippen LogP contribution in [0.25, 0.3) is 16.9 Å². The van der Waals surface area contributed by atoms with Gasteiger partial charge in [-0.25, -0.2) is 28.1 Å². The van der Waals surface area contributed by atoms with Gasteiger partial charge in [-0.3, -0.25) is 0 Å². The molecule has 0 amide bonds. The number of hydrogen-bond acceptors (Lipinski definition) is 8. The molecule has 0 bridgehead atoms. The van der Waals surface area contributed by atoms with Gasteiger partial charge in [0.05, 0.1) is 35.1 Å². The number of imidazole rings is 1. The Morgan fingerprint density at radius 1 is 1.12 bits per heavy atom. The lowest BCUT2D eigenvalue weighted by atomic mass is 9.49. The molecule has 5 rings (SSSR count). The lowest BCUT2D eigenvalue weighted by molar-refractivity contribution is 0.328. The van der Waals surface area contributed by atoms with Crippen LogP contribution < -0.4 is 10.6 Å². The van der Waals surface area contributed by atoms with E-state index in [4.69, 9.17) is 11.6 Å². The number of aryl methyl sites for hydroxylation is 2. The molecule has 1 aliphatic rings. The van der Waals surface area contributed by atoms with Crippen molar-refractivity contribution in [2.24, 2.45) is 7.05 Å². The molecule has 4 heterocycles. The Morgan fingerprint density at radius 3 is 2.54 bits per heavy atom. The van der Waals surface area contributed by atoms with Gasteiger partial charge in [-0.05, 0) is 37.0 Å². The Labute approximate surface area is 248 Å². The Morgan fingerprint density at radius 2 is 1.88 bits per heavy atom. The van der Waals surface area contributed by atoms with E-state index in [1.165, 1.54) is 22.4 Å². The molecule has 1 aliphatic heterocycles. The second-order valence-electron chi connectivity index (χ2n) is 11.5. The van der Waals surface area contributed by atoms with Crippen molar-refractivity contribution in [3.05, 3.63) is 65.5 Å². The first-order valence-electron chi connectivity index (χ1n) is 13.6. The van der Waals surface area contributed by atoms with Crippen LogP contribution in [0.2, 0.25) is 5.02 Å². The van der Waals surface area contributed by atoms with Crippen LogP contribution in [0.15, 0.2) is 54.3 Å². The molecule has 11 nitrogen and oxygen atoms in total. The van der Waals surface area contributed by atoms with Crippen LogP contribution in [0.5, 0.6) is 0 Å². The first-order chi connectivity index (χ1) is 19.4. The first kappa shape index (κ1) is 29.4. The summed E-state index contributed by atoms with van der Waals surface area (Å²) in [5, 5.41) is 12.0. The van der Waals surface area contributed by atoms with Crippen molar-refractivity contribution in [3.8, 4) is 16.9 Å². The predicted molar refractivity (Wildman–Crippen MR) is 168 cm³/mol. The second kappa shape index (κ2) is 11.6. The third-order valence-corrected chi connectivity index (χ3v) is 9.06. The smallest absolute Gasteiger partial charge is 0.262 e. The van der Waals surface area contributed by atoms with Gasteiger partial charge in [-0.1, -0.05) is 29.0 Å². The SMILES string of the molecule is BC(B)(B)NCc1ccc(-n2cc(-c3nc(NC4CCN(S(=O)(=O)c5cn(C)cn5)CC4)ncc3Cl)cn2)c(C)c1. The molecule has 1 saturated heterocycles. The van der Waals surface area contributed by atoms with Crippen LogP contribution in [-0.2, 0) is 23.6 Å². The third-order valence-electron chi connectivity index (χ3n) is 7.00. The minimum Gasteiger partial charge on any atom is -0.351 e. The van der Waals surface area contributed by atoms with E-state index in [0.29, 0.717) is 42.6 Å². The molecule has 0 aliphatic carbocycles. The molecule has 212 valence electrons. The van der Waals surface area contributed by atoms with E-state index in [2.05, 4.69) is 79.3 Å². The van der Waals surface area contributed by atoms with E-state index in [1.807, 2.05) is 10.9 Å². The van der Waals surface area contributed by atoms with Crippen molar-refractivity contribution in [1.29, 1.82) is 0 Å². The molecule has 16 heteroatoms. The van der Waals surface area contributed by atoms with Gasteiger partial charge in [0.1, 0.15) is 23.5 Å². The summed E-state index contributed by atoms with van der Waals surface area (Å²) >= 11 is 6.50. The lowest BCUT2D eigenvalue weighted by Gasteiger charge is -2.31. The highest BCUT2D eigenvalue weighted by molar-refractivity contribution is 7.89. The van der Waals surface area contributed by atoms with Crippen molar-refractivity contribution >= 4 is 51.1 Å². The topological polar surface area (TPSA) is 123 Å². The van der Waals surface area contributed by atoms with Gasteiger partial charge < -0.3 is 15.2 Å². The van der Waals surface area contributed by atoms with Crippen molar-refractivity contribution in [3.63, 3.8) is 0 Å². The van der Waals surface area contributed by atoms with E-state index in [1.54, 1.807) is 24.0 Å². The van der Waals surface area contributed by atoms with Crippen molar-refractivity contribution in [2.75, 3.05) is 18.4 Å². The molecule has 3 aromatic heterocycles. The molecular weight excluding hydrogens is 558 g/mol. The summed E-state index contributed by atoms with van der Waals surface area (Å²) in [4.78, 5) is 13.1. The lowest BCUT2D eigenvalue weighted by Crippen LogP contribution is -2.46. The summed E-state index contributed by atoms with van der Waals surface area (Å²) in [6.45, 7) is 3.63. The molecule has 0 spiro atoms. The second-order valence-corrected chi connectivity index (χ2v) is 13.8. The molecule has 0 saturated carbocycles. The van der Waals surface area contributed by atoms with Crippen LogP contribution in [0, 0.1) is 6.92 Å². The number of sulfonamides is 1. The van der Waals surface area contributed by atoms with Crippen LogP contribution in [0.3, 0.4) is 0 Å². The van der Waals surface area contributed by atoms with Crippen LogP contribution >= 0.6 is 11.6 Å². The quantitative estimate of drug-likeness (QED) is 0.259. The Kier molecular flexibility index (Phi) is 8.33. The highest BCUT2D eigenvalue weighted by Crippen LogP contribution is 2.28. The van der Waals surface area contributed by atoms with Crippen molar-refractivity contribution < 1.29 is 8.42 Å². The Hall–Kier alpha value is -3.13. The largest absolute Gasteiger partial charge is 0.351 e. The fourth-order valence-corrected chi connectivity index (χ4v) is 6.38. The minimum atomic E-state index is -3.61. The Bertz CT molecular complexity index is 1650. The van der Waals surface area contributed by atoms with Crippen molar-refractivity contribution in [2.45, 2.75) is 42.6 Å². The van der Waals surface area contributed by atoms with Gasteiger partial charge in [0, 0.05) is 50.7 Å². The molecule has 4 aromatic rings. The summed E-state index contributed by atoms with van der Waals surface area (Å²) in [7, 11) is 4.60. The van der Waals surface area contributed by atoms with E-state index < -0.39 is 10.0 Å². The van der Waals surface area contributed by atoms with Gasteiger partial charge in [0.25, 0.3) is 10.0 Å². The number of hydrogen-bond donors (Lipinski definition) is 2. The zero-order valence-electron chi connectivity index (χ0n) is 24.0. The molecule has 2 N–H and O–H groups in total. The number of halogens is 1. The summed E-state index contributed by atoms with van der Waals surface area (Å²) in [5.74, 6) is 0.440. The fraction of sp³-hybridized carbons (Fsp3) is 0.360. The van der Waals surface area contributed by atoms with E-state index in [9.17, 15) is 8.42 Å². The molecule has 1 aromatic carbocycles. The van der Waals surface area contributed by atoms with Gasteiger partial charge >= 0.3 is 0 Å². The number of nitrogens with one attached hydrogen (secondary N) is 2. The standard InChI is InChI=1S/C25H33B3ClN9O2S/c1-16-9-17(10-32-25(26,27)28)3-4-21(16)38-13-18(11-33-38)23-20(29)12-30-24(35-23)34-19-5-7-37(8-6-19)41(39,40)22-14-36(2)15-31-22/h3-4,9,11-15,19,32H,5-8,10,26-28H2,1-2H3,(H,30,34,35). The molecule has 1 fully saturated rings. The zero-order valence-corrected chi connectivity index (χ0v) is 25.5. The maximum Gasteiger partial charge on any atom is 0.262 e. The average Bonchev–Trinajstić information content (AvgIpc) is 3.58. The maximum absolute atomic E-state index is 12.9. The van der Waals surface area contributed by atoms with Gasteiger partial charge in [0.2, 0.25) is 5.95 Å². The van der Waals surface area contributed by atoms with E-state index >= 15 is 0 Å². The van der Waals surface area contributed by atoms with Crippen LogP contribution in [0.1, 0.15) is 24.0 Å². The third kappa shape index (κ3) is 6.86. The maximum atomic E-state index is 12.9. The summed E-state index contributed by atoms with van der Waals surface area (Å²) in [6, 6.07) is 6.37. The van der Waals surface area contributed by atoms with Crippen LogP contribution in [-0.4, -0.2) is 89.9 Å². The first-order valence-corrected chi connectivity index (χ1v) is 15.4. The summed E-state index contributed by atoms with van der Waals surface area (Å²) < 4.78 is 30.7. The van der Waals surface area contributed by atoms with E-state index in [0.717, 1.165) is 23.4 Å². The number of piperidine rings is 1. The summed E-state index contributed by atoms with van der Waals surface area (Å²) in [6.07, 6.45) is 9.48. The van der Waals surface area contributed by atoms with Crippen LogP contribution in [0.4, 0.5) is 5.95 Å². The number of aromatic nitrogens is 6. The molecular formula is C25H33B3ClN9O2S. The molecule has 0 atom stereocenters. The van der Waals surface area contributed by atoms with Crippen molar-refractivity contribution in [1.82, 2.24) is 38.9 Å². The molecule has 0 unspecified atom stereocenters. The zero-order chi connectivity index (χ0) is 29.4. The average molecular weight is 592 g/mol. The van der Waals surface area contributed by atoms with Gasteiger partial charge in [-0.15, -0.1) is 0 Å². The monoisotopic (exact) mass is 591 g/mol. The summed E-state index contributed by atoms with van der Waals surface area (Å²) in [5.41, 5.74) is 4.65. The highest BCUT2D eigenvalue weighted by Gasteiger charge is 2.31. The number of anilines is 1. The number of rotatable bonds is 9. The van der Waals surface area contributed by atoms with Gasteiger partial charge in [0.15, 0.2) is 5.03 Å².